The number of fused-ring (bicyclic) bond motifs is 1. The van der Waals surface area contributed by atoms with Gasteiger partial charge in [0.2, 0.25) is 5.91 Å². The van der Waals surface area contributed by atoms with Gasteiger partial charge in [0.05, 0.1) is 5.92 Å². The van der Waals surface area contributed by atoms with Crippen molar-refractivity contribution in [3.05, 3.63) is 48.0 Å². The zero-order valence-corrected chi connectivity index (χ0v) is 13.3. The molecule has 0 aliphatic carbocycles. The number of amides is 1. The topological polar surface area (TPSA) is 55.1 Å². The summed E-state index contributed by atoms with van der Waals surface area (Å²) in [4.78, 5) is 12.1. The van der Waals surface area contributed by atoms with E-state index in [-0.39, 0.29) is 30.3 Å². The molecule has 0 saturated heterocycles. The van der Waals surface area contributed by atoms with E-state index in [0.29, 0.717) is 6.54 Å². The van der Waals surface area contributed by atoms with Crippen LogP contribution in [0.4, 0.5) is 0 Å². The third kappa shape index (κ3) is 4.73. The van der Waals surface area contributed by atoms with Crippen molar-refractivity contribution in [2.75, 3.05) is 6.54 Å². The lowest BCUT2D eigenvalue weighted by molar-refractivity contribution is -0.122. The van der Waals surface area contributed by atoms with E-state index in [1.165, 1.54) is 10.8 Å². The molecule has 2 aromatic rings. The van der Waals surface area contributed by atoms with Crippen molar-refractivity contribution in [2.24, 2.45) is 5.73 Å². The van der Waals surface area contributed by atoms with E-state index < -0.39 is 0 Å². The minimum Gasteiger partial charge on any atom is -0.356 e. The Labute approximate surface area is 132 Å². The van der Waals surface area contributed by atoms with Crippen molar-refractivity contribution in [1.29, 1.82) is 0 Å². The maximum absolute atomic E-state index is 12.1. The van der Waals surface area contributed by atoms with Crippen LogP contribution in [0.5, 0.6) is 0 Å². The van der Waals surface area contributed by atoms with Crippen LogP contribution in [-0.2, 0) is 4.79 Å². The van der Waals surface area contributed by atoms with Crippen LogP contribution in [-0.4, -0.2) is 18.5 Å². The van der Waals surface area contributed by atoms with E-state index >= 15 is 0 Å². The van der Waals surface area contributed by atoms with E-state index in [9.17, 15) is 4.79 Å². The first-order valence-corrected chi connectivity index (χ1v) is 7.10. The Kier molecular flexibility index (Phi) is 6.66. The van der Waals surface area contributed by atoms with Gasteiger partial charge >= 0.3 is 0 Å². The fourth-order valence-electron chi connectivity index (χ4n) is 2.20. The molecule has 0 aliphatic rings. The van der Waals surface area contributed by atoms with Gasteiger partial charge in [-0.25, -0.2) is 0 Å². The standard InChI is InChI=1S/C17H22N2O.ClH/c1-12(18)9-10-19-17(20)13(2)15-8-7-14-5-3-4-6-16(14)11-15;/h3-8,11-13H,9-10,18H2,1-2H3,(H,19,20);1H. The molecule has 1 amide bonds. The molecule has 3 nitrogen and oxygen atoms in total. The molecule has 0 spiro atoms. The van der Waals surface area contributed by atoms with Crippen molar-refractivity contribution < 1.29 is 4.79 Å². The number of halogens is 1. The van der Waals surface area contributed by atoms with Crippen molar-refractivity contribution >= 4 is 29.1 Å². The molecule has 2 unspecified atom stereocenters. The lowest BCUT2D eigenvalue weighted by atomic mass is 9.97. The monoisotopic (exact) mass is 306 g/mol. The van der Waals surface area contributed by atoms with Gasteiger partial charge in [-0.05, 0) is 36.6 Å². The molecule has 21 heavy (non-hydrogen) atoms. The molecule has 0 aliphatic heterocycles. The van der Waals surface area contributed by atoms with Crippen molar-refractivity contribution in [2.45, 2.75) is 32.2 Å². The molecule has 2 aromatic carbocycles. The second-order valence-electron chi connectivity index (χ2n) is 5.39. The smallest absolute Gasteiger partial charge is 0.227 e. The van der Waals surface area contributed by atoms with E-state index in [0.717, 1.165) is 12.0 Å². The fraction of sp³-hybridized carbons (Fsp3) is 0.353. The summed E-state index contributed by atoms with van der Waals surface area (Å²) in [7, 11) is 0. The Bertz CT molecular complexity index is 598. The first kappa shape index (κ1) is 17.5. The maximum Gasteiger partial charge on any atom is 0.227 e. The van der Waals surface area contributed by atoms with Gasteiger partial charge in [-0.1, -0.05) is 42.5 Å². The van der Waals surface area contributed by atoms with E-state index in [2.05, 4.69) is 29.6 Å². The average molecular weight is 307 g/mol. The summed E-state index contributed by atoms with van der Waals surface area (Å²) < 4.78 is 0. The Balaban J connectivity index is 0.00000220. The van der Waals surface area contributed by atoms with Gasteiger partial charge in [0.1, 0.15) is 0 Å². The van der Waals surface area contributed by atoms with E-state index in [4.69, 9.17) is 5.73 Å². The molecule has 2 rings (SSSR count). The minimum absolute atomic E-state index is 0. The highest BCUT2D eigenvalue weighted by Crippen LogP contribution is 2.21. The highest BCUT2D eigenvalue weighted by molar-refractivity contribution is 5.87. The third-order valence-corrected chi connectivity index (χ3v) is 3.57. The van der Waals surface area contributed by atoms with Gasteiger partial charge in [-0.3, -0.25) is 4.79 Å². The zero-order valence-electron chi connectivity index (χ0n) is 12.5. The fourth-order valence-corrected chi connectivity index (χ4v) is 2.20. The molecule has 0 heterocycles. The van der Waals surface area contributed by atoms with Gasteiger partial charge in [-0.2, -0.15) is 0 Å². The predicted molar refractivity (Wildman–Crippen MR) is 90.9 cm³/mol. The van der Waals surface area contributed by atoms with Crippen LogP contribution < -0.4 is 11.1 Å². The Morgan fingerprint density at radius 3 is 2.48 bits per heavy atom. The van der Waals surface area contributed by atoms with Gasteiger partial charge in [0.15, 0.2) is 0 Å². The van der Waals surface area contributed by atoms with Gasteiger partial charge in [0, 0.05) is 12.6 Å². The lowest BCUT2D eigenvalue weighted by Crippen LogP contribution is -2.31. The van der Waals surface area contributed by atoms with Gasteiger partial charge in [0.25, 0.3) is 0 Å². The summed E-state index contributed by atoms with van der Waals surface area (Å²) in [6.45, 7) is 4.51. The highest BCUT2D eigenvalue weighted by atomic mass is 35.5. The summed E-state index contributed by atoms with van der Waals surface area (Å²) in [6, 6.07) is 14.5. The van der Waals surface area contributed by atoms with E-state index in [1.807, 2.05) is 32.0 Å². The number of nitrogens with two attached hydrogens (primary N) is 1. The molecule has 0 saturated carbocycles. The Morgan fingerprint density at radius 2 is 1.81 bits per heavy atom. The number of benzene rings is 2. The molecule has 0 radical (unpaired) electrons. The summed E-state index contributed by atoms with van der Waals surface area (Å²) in [5, 5.41) is 5.30. The van der Waals surface area contributed by atoms with E-state index in [1.54, 1.807) is 0 Å². The van der Waals surface area contributed by atoms with Gasteiger partial charge in [-0.15, -0.1) is 12.4 Å². The lowest BCUT2D eigenvalue weighted by Gasteiger charge is -2.14. The quantitative estimate of drug-likeness (QED) is 0.891. The second-order valence-corrected chi connectivity index (χ2v) is 5.39. The average Bonchev–Trinajstić information content (AvgIpc) is 2.45. The molecule has 2 atom stereocenters. The molecule has 0 bridgehead atoms. The van der Waals surface area contributed by atoms with Crippen molar-refractivity contribution in [3.8, 4) is 0 Å². The predicted octanol–water partition coefficient (Wildman–Crippen LogP) is 3.22. The molecule has 0 aromatic heterocycles. The second kappa shape index (κ2) is 8.01. The summed E-state index contributed by atoms with van der Waals surface area (Å²) in [6.07, 6.45) is 0.802. The molecular formula is C17H23ClN2O. The zero-order chi connectivity index (χ0) is 14.5. The number of rotatable bonds is 5. The number of nitrogens with one attached hydrogen (secondary N) is 1. The number of carbonyl (C=O) groups excluding carboxylic acids is 1. The van der Waals surface area contributed by atoms with Crippen LogP contribution in [0, 0.1) is 0 Å². The first-order valence-electron chi connectivity index (χ1n) is 7.10. The van der Waals surface area contributed by atoms with Crippen molar-refractivity contribution in [3.63, 3.8) is 0 Å². The number of hydrogen-bond donors (Lipinski definition) is 2. The normalized spacial score (nSPS) is 13.3. The van der Waals surface area contributed by atoms with Crippen LogP contribution in [0.25, 0.3) is 10.8 Å². The van der Waals surface area contributed by atoms with Gasteiger partial charge < -0.3 is 11.1 Å². The van der Waals surface area contributed by atoms with Crippen molar-refractivity contribution in [1.82, 2.24) is 5.32 Å². The highest BCUT2D eigenvalue weighted by Gasteiger charge is 2.15. The summed E-state index contributed by atoms with van der Waals surface area (Å²) in [5.74, 6) is -0.0892. The SMILES string of the molecule is CC(N)CCNC(=O)C(C)c1ccc2ccccc2c1.Cl. The molecule has 4 heteroatoms. The summed E-state index contributed by atoms with van der Waals surface area (Å²) >= 11 is 0. The molecule has 114 valence electrons. The van der Waals surface area contributed by atoms with Crippen LogP contribution in [0.2, 0.25) is 0 Å². The van der Waals surface area contributed by atoms with Crippen LogP contribution >= 0.6 is 12.4 Å². The number of hydrogen-bond acceptors (Lipinski definition) is 2. The first-order chi connectivity index (χ1) is 9.58. The summed E-state index contributed by atoms with van der Waals surface area (Å²) in [5.41, 5.74) is 6.72. The Hall–Kier alpha value is -1.58. The largest absolute Gasteiger partial charge is 0.356 e. The molecule has 0 fully saturated rings. The van der Waals surface area contributed by atoms with Crippen LogP contribution in [0.3, 0.4) is 0 Å². The minimum atomic E-state index is -0.146. The Morgan fingerprint density at radius 1 is 1.14 bits per heavy atom. The molecule has 3 N–H and O–H groups in total. The molecular weight excluding hydrogens is 284 g/mol. The third-order valence-electron chi connectivity index (χ3n) is 3.57. The maximum atomic E-state index is 12.1. The van der Waals surface area contributed by atoms with Crippen LogP contribution in [0.15, 0.2) is 42.5 Å². The number of carbonyl (C=O) groups is 1. The van der Waals surface area contributed by atoms with Crippen LogP contribution in [0.1, 0.15) is 31.7 Å².